The lowest BCUT2D eigenvalue weighted by molar-refractivity contribution is 0.102. The number of ether oxygens (including phenoxy) is 2. The third-order valence-corrected chi connectivity index (χ3v) is 4.76. The van der Waals surface area contributed by atoms with E-state index in [0.717, 1.165) is 22.5 Å². The molecule has 3 heterocycles. The minimum absolute atomic E-state index is 0.177. The van der Waals surface area contributed by atoms with Gasteiger partial charge in [0, 0.05) is 23.5 Å². The lowest BCUT2D eigenvalue weighted by Gasteiger charge is -2.10. The quantitative estimate of drug-likeness (QED) is 0.583. The monoisotopic (exact) mass is 371 g/mol. The number of rotatable bonds is 3. The summed E-state index contributed by atoms with van der Waals surface area (Å²) >= 11 is 0. The van der Waals surface area contributed by atoms with Crippen LogP contribution < -0.4 is 14.8 Å². The molecule has 0 unspecified atom stereocenters. The zero-order chi connectivity index (χ0) is 19.1. The van der Waals surface area contributed by atoms with Crippen molar-refractivity contribution in [3.05, 3.63) is 78.1 Å². The molecule has 0 bridgehead atoms. The summed E-state index contributed by atoms with van der Waals surface area (Å²) < 4.78 is 12.7. The number of hydrogen-bond donors (Lipinski definition) is 1. The van der Waals surface area contributed by atoms with Crippen LogP contribution in [0.4, 0.5) is 5.69 Å². The maximum absolute atomic E-state index is 12.8. The Morgan fingerprint density at radius 2 is 1.93 bits per heavy atom. The van der Waals surface area contributed by atoms with Crippen molar-refractivity contribution in [2.24, 2.45) is 0 Å². The van der Waals surface area contributed by atoms with Gasteiger partial charge in [-0.25, -0.2) is 4.98 Å². The van der Waals surface area contributed by atoms with Crippen molar-refractivity contribution in [1.82, 2.24) is 9.38 Å². The van der Waals surface area contributed by atoms with E-state index in [2.05, 4.69) is 5.32 Å². The molecule has 0 saturated heterocycles. The minimum Gasteiger partial charge on any atom is -0.454 e. The average Bonchev–Trinajstić information content (AvgIpc) is 3.35. The van der Waals surface area contributed by atoms with Crippen LogP contribution in [0.1, 0.15) is 15.9 Å². The zero-order valence-corrected chi connectivity index (χ0v) is 15.2. The van der Waals surface area contributed by atoms with Gasteiger partial charge in [-0.2, -0.15) is 0 Å². The van der Waals surface area contributed by atoms with Crippen LogP contribution >= 0.6 is 0 Å². The first-order chi connectivity index (χ1) is 13.7. The van der Waals surface area contributed by atoms with Crippen LogP contribution in [-0.4, -0.2) is 22.1 Å². The first-order valence-corrected chi connectivity index (χ1v) is 8.94. The Morgan fingerprint density at radius 1 is 1.07 bits per heavy atom. The van der Waals surface area contributed by atoms with Crippen LogP contribution in [0.5, 0.6) is 11.5 Å². The highest BCUT2D eigenvalue weighted by Crippen LogP contribution is 2.33. The SMILES string of the molecule is Cc1cccn2cc(-c3ccccc3NC(=O)c3ccc4c(c3)OCO4)nc12. The summed E-state index contributed by atoms with van der Waals surface area (Å²) in [4.78, 5) is 17.5. The molecule has 28 heavy (non-hydrogen) atoms. The van der Waals surface area contributed by atoms with Crippen LogP contribution in [0.3, 0.4) is 0 Å². The Morgan fingerprint density at radius 3 is 2.82 bits per heavy atom. The Kier molecular flexibility index (Phi) is 3.76. The number of carbonyl (C=O) groups is 1. The van der Waals surface area contributed by atoms with E-state index in [1.807, 2.05) is 60.1 Å². The highest BCUT2D eigenvalue weighted by Gasteiger charge is 2.18. The van der Waals surface area contributed by atoms with E-state index in [9.17, 15) is 4.79 Å². The van der Waals surface area contributed by atoms with Crippen molar-refractivity contribution in [3.8, 4) is 22.8 Å². The molecule has 1 N–H and O–H groups in total. The molecule has 1 amide bonds. The first-order valence-electron chi connectivity index (χ1n) is 8.94. The van der Waals surface area contributed by atoms with Gasteiger partial charge < -0.3 is 19.2 Å². The number of hydrogen-bond acceptors (Lipinski definition) is 4. The molecule has 6 nitrogen and oxygen atoms in total. The predicted molar refractivity (Wildman–Crippen MR) is 106 cm³/mol. The number of nitrogens with one attached hydrogen (secondary N) is 1. The highest BCUT2D eigenvalue weighted by molar-refractivity contribution is 6.06. The van der Waals surface area contributed by atoms with Gasteiger partial charge in [-0.15, -0.1) is 0 Å². The van der Waals surface area contributed by atoms with Crippen molar-refractivity contribution < 1.29 is 14.3 Å². The number of fused-ring (bicyclic) bond motifs is 2. The molecule has 1 aliphatic rings. The number of aryl methyl sites for hydroxylation is 1. The van der Waals surface area contributed by atoms with E-state index < -0.39 is 0 Å². The average molecular weight is 371 g/mol. The van der Waals surface area contributed by atoms with Gasteiger partial charge in [-0.1, -0.05) is 24.3 Å². The zero-order valence-electron chi connectivity index (χ0n) is 15.2. The molecule has 0 spiro atoms. The summed E-state index contributed by atoms with van der Waals surface area (Å²) in [6.45, 7) is 2.20. The number of imidazole rings is 1. The number of anilines is 1. The van der Waals surface area contributed by atoms with Crippen LogP contribution in [-0.2, 0) is 0 Å². The smallest absolute Gasteiger partial charge is 0.255 e. The molecule has 0 saturated carbocycles. The number of nitrogens with zero attached hydrogens (tertiary/aromatic N) is 2. The maximum atomic E-state index is 12.8. The molecule has 2 aromatic carbocycles. The fourth-order valence-electron chi connectivity index (χ4n) is 3.33. The number of amides is 1. The number of benzene rings is 2. The van der Waals surface area contributed by atoms with Gasteiger partial charge in [0.2, 0.25) is 6.79 Å². The molecule has 4 aromatic rings. The molecular formula is C22H17N3O3. The maximum Gasteiger partial charge on any atom is 0.255 e. The van der Waals surface area contributed by atoms with Crippen LogP contribution in [0, 0.1) is 6.92 Å². The first kappa shape index (κ1) is 16.4. The van der Waals surface area contributed by atoms with Gasteiger partial charge in [-0.3, -0.25) is 4.79 Å². The summed E-state index contributed by atoms with van der Waals surface area (Å²) in [7, 11) is 0. The summed E-state index contributed by atoms with van der Waals surface area (Å²) in [6.07, 6.45) is 3.93. The standard InChI is InChI=1S/C22H17N3O3/c1-14-5-4-10-25-12-18(23-21(14)25)16-6-2-3-7-17(16)24-22(26)15-8-9-19-20(11-15)28-13-27-19/h2-12H,13H2,1H3,(H,24,26). The third kappa shape index (κ3) is 2.75. The van der Waals surface area contributed by atoms with Gasteiger partial charge in [0.05, 0.1) is 11.4 Å². The second-order valence-electron chi connectivity index (χ2n) is 6.62. The van der Waals surface area contributed by atoms with Crippen molar-refractivity contribution >= 4 is 17.2 Å². The Hall–Kier alpha value is -3.80. The Balaban J connectivity index is 1.49. The normalized spacial score (nSPS) is 12.3. The van der Waals surface area contributed by atoms with Gasteiger partial charge in [0.1, 0.15) is 5.65 Å². The number of carbonyl (C=O) groups excluding carboxylic acids is 1. The third-order valence-electron chi connectivity index (χ3n) is 4.76. The minimum atomic E-state index is -0.217. The van der Waals surface area contributed by atoms with Crippen molar-refractivity contribution in [1.29, 1.82) is 0 Å². The molecule has 6 heteroatoms. The second-order valence-corrected chi connectivity index (χ2v) is 6.62. The van der Waals surface area contributed by atoms with E-state index in [1.54, 1.807) is 18.2 Å². The molecule has 0 radical (unpaired) electrons. The molecule has 5 rings (SSSR count). The Bertz CT molecular complexity index is 1210. The summed E-state index contributed by atoms with van der Waals surface area (Å²) in [5.74, 6) is 1.01. The van der Waals surface area contributed by atoms with E-state index in [4.69, 9.17) is 14.5 Å². The van der Waals surface area contributed by atoms with E-state index in [-0.39, 0.29) is 12.7 Å². The number of para-hydroxylation sites is 1. The van der Waals surface area contributed by atoms with Gasteiger partial charge in [0.25, 0.3) is 5.91 Å². The summed E-state index contributed by atoms with van der Waals surface area (Å²) in [6, 6.07) is 16.8. The van der Waals surface area contributed by atoms with Crippen molar-refractivity contribution in [2.45, 2.75) is 6.92 Å². The molecule has 0 fully saturated rings. The van der Waals surface area contributed by atoms with E-state index >= 15 is 0 Å². The lowest BCUT2D eigenvalue weighted by Crippen LogP contribution is -2.12. The largest absolute Gasteiger partial charge is 0.454 e. The van der Waals surface area contributed by atoms with Gasteiger partial charge in [0.15, 0.2) is 11.5 Å². The molecular weight excluding hydrogens is 354 g/mol. The number of aromatic nitrogens is 2. The predicted octanol–water partition coefficient (Wildman–Crippen LogP) is 4.29. The van der Waals surface area contributed by atoms with Crippen molar-refractivity contribution in [2.75, 3.05) is 12.1 Å². The number of pyridine rings is 1. The highest BCUT2D eigenvalue weighted by atomic mass is 16.7. The topological polar surface area (TPSA) is 64.9 Å². The second kappa shape index (κ2) is 6.42. The van der Waals surface area contributed by atoms with Crippen LogP contribution in [0.15, 0.2) is 67.0 Å². The fraction of sp³-hybridized carbons (Fsp3) is 0.0909. The molecule has 0 aliphatic carbocycles. The summed E-state index contributed by atoms with van der Waals surface area (Å²) in [5, 5.41) is 2.99. The van der Waals surface area contributed by atoms with Gasteiger partial charge >= 0.3 is 0 Å². The van der Waals surface area contributed by atoms with E-state index in [1.165, 1.54) is 0 Å². The van der Waals surface area contributed by atoms with Crippen LogP contribution in [0.25, 0.3) is 16.9 Å². The molecule has 1 aliphatic heterocycles. The molecule has 2 aromatic heterocycles. The summed E-state index contributed by atoms with van der Waals surface area (Å²) in [5.41, 5.74) is 4.86. The molecule has 138 valence electrons. The van der Waals surface area contributed by atoms with E-state index in [0.29, 0.717) is 22.7 Å². The van der Waals surface area contributed by atoms with Crippen LogP contribution in [0.2, 0.25) is 0 Å². The fourth-order valence-corrected chi connectivity index (χ4v) is 3.33. The van der Waals surface area contributed by atoms with Crippen molar-refractivity contribution in [3.63, 3.8) is 0 Å². The Labute approximate surface area is 161 Å². The lowest BCUT2D eigenvalue weighted by atomic mass is 10.1. The van der Waals surface area contributed by atoms with Gasteiger partial charge in [-0.05, 0) is 42.8 Å². The molecule has 0 atom stereocenters.